The fourth-order valence-electron chi connectivity index (χ4n) is 2.43. The molecule has 0 saturated heterocycles. The summed E-state index contributed by atoms with van der Waals surface area (Å²) in [5, 5.41) is 6.86. The highest BCUT2D eigenvalue weighted by molar-refractivity contribution is 5.79. The largest absolute Gasteiger partial charge is 0.356 e. The van der Waals surface area contributed by atoms with Crippen molar-refractivity contribution in [2.24, 2.45) is 10.4 Å². The van der Waals surface area contributed by atoms with Crippen molar-refractivity contribution in [1.82, 2.24) is 15.5 Å². The Morgan fingerprint density at radius 1 is 1.28 bits per heavy atom. The van der Waals surface area contributed by atoms with Gasteiger partial charge in [0.15, 0.2) is 5.96 Å². The van der Waals surface area contributed by atoms with Crippen molar-refractivity contribution in [3.05, 3.63) is 0 Å². The molecule has 0 atom stereocenters. The van der Waals surface area contributed by atoms with Crippen LogP contribution in [-0.2, 0) is 0 Å². The maximum atomic E-state index is 4.28. The zero-order valence-corrected chi connectivity index (χ0v) is 12.6. The van der Waals surface area contributed by atoms with E-state index >= 15 is 0 Å². The van der Waals surface area contributed by atoms with Gasteiger partial charge in [-0.05, 0) is 51.7 Å². The number of rotatable bonds is 7. The standard InChI is InChI=1S/C14H30N4/c1-5-14(8-6-9-14)12-17-13(15-2)16-10-7-11-18(3)4/h5-12H2,1-4H3,(H2,15,16,17). The molecule has 106 valence electrons. The van der Waals surface area contributed by atoms with Gasteiger partial charge >= 0.3 is 0 Å². The van der Waals surface area contributed by atoms with E-state index < -0.39 is 0 Å². The summed E-state index contributed by atoms with van der Waals surface area (Å²) >= 11 is 0. The van der Waals surface area contributed by atoms with Crippen LogP contribution in [0.15, 0.2) is 4.99 Å². The van der Waals surface area contributed by atoms with Crippen molar-refractivity contribution >= 4 is 5.96 Å². The van der Waals surface area contributed by atoms with E-state index in [1.807, 2.05) is 7.05 Å². The van der Waals surface area contributed by atoms with Crippen LogP contribution in [0.5, 0.6) is 0 Å². The molecule has 0 unspecified atom stereocenters. The van der Waals surface area contributed by atoms with E-state index in [9.17, 15) is 0 Å². The van der Waals surface area contributed by atoms with Crippen LogP contribution in [0.3, 0.4) is 0 Å². The third-order valence-electron chi connectivity index (χ3n) is 4.09. The predicted molar refractivity (Wildman–Crippen MR) is 79.1 cm³/mol. The fraction of sp³-hybridized carbons (Fsp3) is 0.929. The second-order valence-corrected chi connectivity index (χ2v) is 5.72. The van der Waals surface area contributed by atoms with Gasteiger partial charge in [-0.25, -0.2) is 0 Å². The van der Waals surface area contributed by atoms with Crippen molar-refractivity contribution in [3.63, 3.8) is 0 Å². The number of guanidine groups is 1. The first-order valence-electron chi connectivity index (χ1n) is 7.21. The number of nitrogens with zero attached hydrogens (tertiary/aromatic N) is 2. The molecule has 0 aliphatic heterocycles. The molecule has 1 rings (SSSR count). The molecule has 1 fully saturated rings. The zero-order valence-electron chi connectivity index (χ0n) is 12.6. The molecule has 1 saturated carbocycles. The first-order chi connectivity index (χ1) is 8.62. The molecule has 4 nitrogen and oxygen atoms in total. The molecular weight excluding hydrogens is 224 g/mol. The van der Waals surface area contributed by atoms with E-state index in [0.717, 1.165) is 32.0 Å². The average Bonchev–Trinajstić information content (AvgIpc) is 2.30. The van der Waals surface area contributed by atoms with E-state index in [1.165, 1.54) is 25.7 Å². The quantitative estimate of drug-likeness (QED) is 0.412. The number of hydrogen-bond donors (Lipinski definition) is 2. The van der Waals surface area contributed by atoms with Gasteiger partial charge in [-0.15, -0.1) is 0 Å². The van der Waals surface area contributed by atoms with Crippen molar-refractivity contribution in [3.8, 4) is 0 Å². The van der Waals surface area contributed by atoms with Crippen LogP contribution < -0.4 is 10.6 Å². The van der Waals surface area contributed by atoms with Gasteiger partial charge in [-0.2, -0.15) is 0 Å². The van der Waals surface area contributed by atoms with E-state index in [1.54, 1.807) is 0 Å². The first-order valence-corrected chi connectivity index (χ1v) is 7.21. The van der Waals surface area contributed by atoms with Gasteiger partial charge in [0, 0.05) is 20.1 Å². The Morgan fingerprint density at radius 2 is 2.00 bits per heavy atom. The van der Waals surface area contributed by atoms with Gasteiger partial charge in [-0.3, -0.25) is 4.99 Å². The van der Waals surface area contributed by atoms with Crippen LogP contribution in [-0.4, -0.2) is 51.6 Å². The average molecular weight is 254 g/mol. The van der Waals surface area contributed by atoms with Gasteiger partial charge < -0.3 is 15.5 Å². The topological polar surface area (TPSA) is 39.7 Å². The van der Waals surface area contributed by atoms with E-state index in [2.05, 4.69) is 41.5 Å². The molecule has 0 radical (unpaired) electrons. The molecular formula is C14H30N4. The number of hydrogen-bond acceptors (Lipinski definition) is 2. The predicted octanol–water partition coefficient (Wildman–Crippen LogP) is 1.68. The van der Waals surface area contributed by atoms with Crippen molar-refractivity contribution < 1.29 is 0 Å². The third kappa shape index (κ3) is 4.84. The zero-order chi connectivity index (χ0) is 13.4. The molecule has 0 amide bonds. The summed E-state index contributed by atoms with van der Waals surface area (Å²) < 4.78 is 0. The van der Waals surface area contributed by atoms with Crippen LogP contribution in [0.2, 0.25) is 0 Å². The minimum absolute atomic E-state index is 0.543. The molecule has 0 aromatic carbocycles. The molecule has 1 aliphatic carbocycles. The Morgan fingerprint density at radius 3 is 2.44 bits per heavy atom. The summed E-state index contributed by atoms with van der Waals surface area (Å²) in [6, 6.07) is 0. The van der Waals surface area contributed by atoms with E-state index in [0.29, 0.717) is 5.41 Å². The fourth-order valence-corrected chi connectivity index (χ4v) is 2.43. The normalized spacial score (nSPS) is 18.6. The summed E-state index contributed by atoms with van der Waals surface area (Å²) in [4.78, 5) is 6.49. The molecule has 0 heterocycles. The minimum Gasteiger partial charge on any atom is -0.356 e. The van der Waals surface area contributed by atoms with Gasteiger partial charge in [0.05, 0.1) is 0 Å². The molecule has 0 aromatic rings. The van der Waals surface area contributed by atoms with Gasteiger partial charge in [-0.1, -0.05) is 13.3 Å². The van der Waals surface area contributed by atoms with Crippen LogP contribution in [0.1, 0.15) is 39.0 Å². The first kappa shape index (κ1) is 15.3. The Bertz CT molecular complexity index is 251. The summed E-state index contributed by atoms with van der Waals surface area (Å²) in [6.45, 7) is 5.46. The summed E-state index contributed by atoms with van der Waals surface area (Å²) in [5.41, 5.74) is 0.543. The Hall–Kier alpha value is -0.770. The maximum absolute atomic E-state index is 4.28. The smallest absolute Gasteiger partial charge is 0.190 e. The van der Waals surface area contributed by atoms with Crippen molar-refractivity contribution in [1.29, 1.82) is 0 Å². The summed E-state index contributed by atoms with van der Waals surface area (Å²) in [7, 11) is 6.06. The molecule has 2 N–H and O–H groups in total. The van der Waals surface area contributed by atoms with Crippen LogP contribution in [0.4, 0.5) is 0 Å². The van der Waals surface area contributed by atoms with Crippen molar-refractivity contribution in [2.75, 3.05) is 40.8 Å². The van der Waals surface area contributed by atoms with Crippen LogP contribution in [0, 0.1) is 5.41 Å². The lowest BCUT2D eigenvalue weighted by molar-refractivity contribution is 0.131. The lowest BCUT2D eigenvalue weighted by atomic mass is 9.67. The van der Waals surface area contributed by atoms with Crippen LogP contribution >= 0.6 is 0 Å². The second-order valence-electron chi connectivity index (χ2n) is 5.72. The molecule has 0 bridgehead atoms. The van der Waals surface area contributed by atoms with Crippen molar-refractivity contribution in [2.45, 2.75) is 39.0 Å². The highest BCUT2D eigenvalue weighted by Crippen LogP contribution is 2.42. The van der Waals surface area contributed by atoms with Crippen LogP contribution in [0.25, 0.3) is 0 Å². The van der Waals surface area contributed by atoms with Gasteiger partial charge in [0.1, 0.15) is 0 Å². The number of aliphatic imine (C=N–C) groups is 1. The monoisotopic (exact) mass is 254 g/mol. The van der Waals surface area contributed by atoms with E-state index in [-0.39, 0.29) is 0 Å². The highest BCUT2D eigenvalue weighted by Gasteiger charge is 2.34. The Labute approximate surface area is 112 Å². The molecule has 18 heavy (non-hydrogen) atoms. The summed E-state index contributed by atoms with van der Waals surface area (Å²) in [6.07, 6.45) is 6.55. The highest BCUT2D eigenvalue weighted by atomic mass is 15.2. The minimum atomic E-state index is 0.543. The van der Waals surface area contributed by atoms with Gasteiger partial charge in [0.25, 0.3) is 0 Å². The van der Waals surface area contributed by atoms with Gasteiger partial charge in [0.2, 0.25) is 0 Å². The number of nitrogens with one attached hydrogen (secondary N) is 2. The molecule has 0 aromatic heterocycles. The molecule has 0 spiro atoms. The lowest BCUT2D eigenvalue weighted by Crippen LogP contribution is -2.46. The Balaban J connectivity index is 2.17. The molecule has 1 aliphatic rings. The lowest BCUT2D eigenvalue weighted by Gasteiger charge is -2.41. The maximum Gasteiger partial charge on any atom is 0.190 e. The SMILES string of the molecule is CCC1(CNC(=NC)NCCCN(C)C)CCC1. The second kappa shape index (κ2) is 7.62. The third-order valence-corrected chi connectivity index (χ3v) is 4.09. The Kier molecular flexibility index (Phi) is 6.47. The molecule has 4 heteroatoms. The van der Waals surface area contributed by atoms with E-state index in [4.69, 9.17) is 0 Å². The summed E-state index contributed by atoms with van der Waals surface area (Å²) in [5.74, 6) is 0.952.